The van der Waals surface area contributed by atoms with E-state index in [1.165, 1.54) is 36.9 Å². The molecule has 4 rings (SSSR count). The van der Waals surface area contributed by atoms with Gasteiger partial charge in [-0.2, -0.15) is 5.10 Å². The van der Waals surface area contributed by atoms with Crippen LogP contribution in [0.3, 0.4) is 0 Å². The zero-order valence-electron chi connectivity index (χ0n) is 9.48. The van der Waals surface area contributed by atoms with Crippen LogP contribution in [0.1, 0.15) is 37.4 Å². The summed E-state index contributed by atoms with van der Waals surface area (Å²) in [5, 5.41) is 4.27. The van der Waals surface area contributed by atoms with Gasteiger partial charge in [0.2, 0.25) is 0 Å². The zero-order chi connectivity index (χ0) is 10.8. The lowest BCUT2D eigenvalue weighted by molar-refractivity contribution is 0.421. The van der Waals surface area contributed by atoms with Gasteiger partial charge in [0.05, 0.1) is 11.9 Å². The van der Waals surface area contributed by atoms with Gasteiger partial charge < -0.3 is 0 Å². The monoisotopic (exact) mass is 213 g/mol. The molecule has 0 aromatic carbocycles. The summed E-state index contributed by atoms with van der Waals surface area (Å²) in [7, 11) is 0. The molecule has 0 radical (unpaired) electrons. The van der Waals surface area contributed by atoms with Crippen LogP contribution in [0.4, 0.5) is 0 Å². The van der Waals surface area contributed by atoms with Crippen LogP contribution >= 0.6 is 0 Å². The highest BCUT2D eigenvalue weighted by molar-refractivity contribution is 5.46. The van der Waals surface area contributed by atoms with Crippen molar-refractivity contribution in [2.45, 2.75) is 38.0 Å². The summed E-state index contributed by atoms with van der Waals surface area (Å²) in [6.45, 7) is 2.31. The minimum absolute atomic E-state index is 0.454. The molecule has 1 unspecified atom stereocenters. The largest absolute Gasteiger partial charge is 0.233 e. The predicted octanol–water partition coefficient (Wildman–Crippen LogP) is 2.34. The van der Waals surface area contributed by atoms with Gasteiger partial charge in [0, 0.05) is 17.7 Å². The van der Waals surface area contributed by atoms with Crippen molar-refractivity contribution < 1.29 is 0 Å². The second-order valence-corrected chi connectivity index (χ2v) is 5.21. The van der Waals surface area contributed by atoms with Crippen molar-refractivity contribution >= 4 is 5.65 Å². The summed E-state index contributed by atoms with van der Waals surface area (Å²) in [6, 6.07) is 2.00. The van der Waals surface area contributed by atoms with Gasteiger partial charge in [-0.25, -0.2) is 9.50 Å². The number of rotatable bonds is 1. The third kappa shape index (κ3) is 0.896. The van der Waals surface area contributed by atoms with E-state index < -0.39 is 0 Å². The van der Waals surface area contributed by atoms with Gasteiger partial charge in [-0.1, -0.05) is 13.3 Å². The Morgan fingerprint density at radius 3 is 3.12 bits per heavy atom. The van der Waals surface area contributed by atoms with Crippen LogP contribution in [0.15, 0.2) is 18.5 Å². The SMILES string of the molecule is CCC1Cc2cn3nccc3nc2C12CC2. The van der Waals surface area contributed by atoms with Crippen LogP contribution in [0.25, 0.3) is 5.65 Å². The summed E-state index contributed by atoms with van der Waals surface area (Å²) < 4.78 is 1.91. The number of hydrogen-bond donors (Lipinski definition) is 0. The summed E-state index contributed by atoms with van der Waals surface area (Å²) in [4.78, 5) is 4.83. The number of aromatic nitrogens is 3. The third-order valence-electron chi connectivity index (χ3n) is 4.46. The van der Waals surface area contributed by atoms with Crippen LogP contribution in [0, 0.1) is 5.92 Å². The quantitative estimate of drug-likeness (QED) is 0.728. The molecule has 16 heavy (non-hydrogen) atoms. The minimum Gasteiger partial charge on any atom is -0.233 e. The van der Waals surface area contributed by atoms with E-state index in [4.69, 9.17) is 4.98 Å². The summed E-state index contributed by atoms with van der Waals surface area (Å²) in [5.74, 6) is 0.821. The number of hydrogen-bond acceptors (Lipinski definition) is 2. The fourth-order valence-corrected chi connectivity index (χ4v) is 3.44. The third-order valence-corrected chi connectivity index (χ3v) is 4.46. The first kappa shape index (κ1) is 8.74. The molecule has 0 saturated heterocycles. The van der Waals surface area contributed by atoms with Crippen molar-refractivity contribution in [2.24, 2.45) is 5.92 Å². The Morgan fingerprint density at radius 2 is 2.38 bits per heavy atom. The maximum Gasteiger partial charge on any atom is 0.155 e. The number of nitrogens with zero attached hydrogens (tertiary/aromatic N) is 3. The molecule has 0 amide bonds. The first-order valence-corrected chi connectivity index (χ1v) is 6.17. The Bertz CT molecular complexity index is 566. The lowest BCUT2D eigenvalue weighted by Gasteiger charge is -2.15. The molecule has 1 fully saturated rings. The van der Waals surface area contributed by atoms with Gasteiger partial charge in [0.1, 0.15) is 0 Å². The normalized spacial score (nSPS) is 25.2. The molecule has 2 aromatic heterocycles. The van der Waals surface area contributed by atoms with Crippen LogP contribution in [-0.2, 0) is 11.8 Å². The van der Waals surface area contributed by atoms with Crippen LogP contribution in [0.2, 0.25) is 0 Å². The van der Waals surface area contributed by atoms with Gasteiger partial charge in [0.15, 0.2) is 5.65 Å². The van der Waals surface area contributed by atoms with Gasteiger partial charge >= 0.3 is 0 Å². The highest BCUT2D eigenvalue weighted by atomic mass is 15.2. The molecular formula is C13H15N3. The van der Waals surface area contributed by atoms with Gasteiger partial charge in [-0.15, -0.1) is 0 Å². The molecule has 2 aliphatic carbocycles. The molecule has 2 aliphatic rings. The molecule has 0 N–H and O–H groups in total. The minimum atomic E-state index is 0.454. The molecule has 3 heteroatoms. The highest BCUT2D eigenvalue weighted by Crippen LogP contribution is 2.60. The fourth-order valence-electron chi connectivity index (χ4n) is 3.44. The average Bonchev–Trinajstić information content (AvgIpc) is 2.86. The topological polar surface area (TPSA) is 30.2 Å². The Balaban J connectivity index is 1.96. The van der Waals surface area contributed by atoms with Crippen molar-refractivity contribution in [2.75, 3.05) is 0 Å². The average molecular weight is 213 g/mol. The van der Waals surface area contributed by atoms with E-state index >= 15 is 0 Å². The molecule has 2 aromatic rings. The number of fused-ring (bicyclic) bond motifs is 3. The van der Waals surface area contributed by atoms with Gasteiger partial charge in [-0.3, -0.25) is 0 Å². The van der Waals surface area contributed by atoms with E-state index in [1.54, 1.807) is 0 Å². The Kier molecular flexibility index (Phi) is 1.45. The summed E-state index contributed by atoms with van der Waals surface area (Å²) in [5.41, 5.74) is 4.27. The molecule has 3 nitrogen and oxygen atoms in total. The maximum absolute atomic E-state index is 4.83. The van der Waals surface area contributed by atoms with E-state index in [1.807, 2.05) is 16.8 Å². The smallest absolute Gasteiger partial charge is 0.155 e. The fraction of sp³-hybridized carbons (Fsp3) is 0.538. The first-order chi connectivity index (χ1) is 7.83. The van der Waals surface area contributed by atoms with Crippen LogP contribution < -0.4 is 0 Å². The van der Waals surface area contributed by atoms with Crippen LogP contribution in [0.5, 0.6) is 0 Å². The summed E-state index contributed by atoms with van der Waals surface area (Å²) in [6.07, 6.45) is 9.18. The molecular weight excluding hydrogens is 198 g/mol. The molecule has 82 valence electrons. The summed E-state index contributed by atoms with van der Waals surface area (Å²) >= 11 is 0. The molecule has 2 heterocycles. The van der Waals surface area contributed by atoms with Crippen molar-refractivity contribution in [3.63, 3.8) is 0 Å². The van der Waals surface area contributed by atoms with Crippen molar-refractivity contribution in [3.8, 4) is 0 Å². The second kappa shape index (κ2) is 2.65. The molecule has 1 atom stereocenters. The Labute approximate surface area is 94.5 Å². The Morgan fingerprint density at radius 1 is 1.50 bits per heavy atom. The van der Waals surface area contributed by atoms with Crippen molar-refractivity contribution in [3.05, 3.63) is 29.7 Å². The van der Waals surface area contributed by atoms with E-state index in [0.29, 0.717) is 5.41 Å². The van der Waals surface area contributed by atoms with Crippen molar-refractivity contribution in [1.82, 2.24) is 14.6 Å². The molecule has 1 spiro atoms. The lowest BCUT2D eigenvalue weighted by atomic mass is 9.89. The Hall–Kier alpha value is -1.38. The van der Waals surface area contributed by atoms with Crippen LogP contribution in [-0.4, -0.2) is 14.6 Å². The van der Waals surface area contributed by atoms with E-state index in [0.717, 1.165) is 11.6 Å². The van der Waals surface area contributed by atoms with E-state index in [2.05, 4.69) is 18.2 Å². The van der Waals surface area contributed by atoms with E-state index in [-0.39, 0.29) is 0 Å². The second-order valence-electron chi connectivity index (χ2n) is 5.21. The predicted molar refractivity (Wildman–Crippen MR) is 61.4 cm³/mol. The first-order valence-electron chi connectivity index (χ1n) is 6.17. The molecule has 0 aliphatic heterocycles. The lowest BCUT2D eigenvalue weighted by Crippen LogP contribution is -2.15. The van der Waals surface area contributed by atoms with Crippen molar-refractivity contribution in [1.29, 1.82) is 0 Å². The maximum atomic E-state index is 4.83. The standard InChI is InChI=1S/C13H15N3/c1-2-10-7-9-8-16-11(3-6-14-16)15-12(9)13(10)4-5-13/h3,6,8,10H,2,4-5,7H2,1H3. The van der Waals surface area contributed by atoms with Gasteiger partial charge in [0.25, 0.3) is 0 Å². The molecule has 1 saturated carbocycles. The highest BCUT2D eigenvalue weighted by Gasteiger charge is 2.55. The van der Waals surface area contributed by atoms with Gasteiger partial charge in [-0.05, 0) is 30.7 Å². The van der Waals surface area contributed by atoms with E-state index in [9.17, 15) is 0 Å². The zero-order valence-corrected chi connectivity index (χ0v) is 9.48. The molecule has 0 bridgehead atoms.